The molecule has 1 fully saturated rings. The van der Waals surface area contributed by atoms with Gasteiger partial charge in [-0.15, -0.1) is 0 Å². The normalized spacial score (nSPS) is 17.7. The predicted octanol–water partition coefficient (Wildman–Crippen LogP) is 0.260. The fraction of sp³-hybridized carbons (Fsp3) is 0.471. The lowest BCUT2D eigenvalue weighted by Gasteiger charge is -2.26. The van der Waals surface area contributed by atoms with Crippen molar-refractivity contribution in [3.8, 4) is 0 Å². The Morgan fingerprint density at radius 2 is 1.92 bits per heavy atom. The lowest BCUT2D eigenvalue weighted by molar-refractivity contribution is -0.121. The molecule has 3 amide bonds. The van der Waals surface area contributed by atoms with E-state index in [1.54, 1.807) is 0 Å². The molecule has 0 aromatic heterocycles. The first-order valence-corrected chi connectivity index (χ1v) is 8.29. The Morgan fingerprint density at radius 3 is 2.64 bits per heavy atom. The van der Waals surface area contributed by atoms with Crippen molar-refractivity contribution < 1.29 is 23.5 Å². The molecule has 0 unspecified atom stereocenters. The average Bonchev–Trinajstić information content (AvgIpc) is 2.86. The zero-order chi connectivity index (χ0) is 17.8. The van der Waals surface area contributed by atoms with Gasteiger partial charge in [0.1, 0.15) is 5.82 Å². The SMILES string of the molecule is O=C(CCN1C(=O)c2cccc(F)c2C1=O)NCCN1CCOCC1. The first kappa shape index (κ1) is 17.5. The summed E-state index contributed by atoms with van der Waals surface area (Å²) in [6.45, 7) is 4.25. The minimum atomic E-state index is -0.715. The van der Waals surface area contributed by atoms with E-state index in [0.717, 1.165) is 30.6 Å². The minimum Gasteiger partial charge on any atom is -0.379 e. The smallest absolute Gasteiger partial charge is 0.264 e. The van der Waals surface area contributed by atoms with Gasteiger partial charge in [0.25, 0.3) is 11.8 Å². The second kappa shape index (κ2) is 7.71. The van der Waals surface area contributed by atoms with Gasteiger partial charge in [0.15, 0.2) is 0 Å². The first-order chi connectivity index (χ1) is 12.1. The number of ether oxygens (including phenoxy) is 1. The number of carbonyl (C=O) groups excluding carboxylic acids is 3. The summed E-state index contributed by atoms with van der Waals surface area (Å²) < 4.78 is 19.0. The molecule has 2 heterocycles. The van der Waals surface area contributed by atoms with Crippen molar-refractivity contribution in [3.05, 3.63) is 35.1 Å². The van der Waals surface area contributed by atoms with Crippen LogP contribution in [0.3, 0.4) is 0 Å². The number of hydrogen-bond donors (Lipinski definition) is 1. The highest BCUT2D eigenvalue weighted by Gasteiger charge is 2.37. The van der Waals surface area contributed by atoms with Gasteiger partial charge in [0.05, 0.1) is 24.3 Å². The van der Waals surface area contributed by atoms with Crippen LogP contribution < -0.4 is 5.32 Å². The third kappa shape index (κ3) is 3.85. The number of benzene rings is 1. The van der Waals surface area contributed by atoms with Crippen LogP contribution in [0.15, 0.2) is 18.2 Å². The van der Waals surface area contributed by atoms with Crippen LogP contribution in [0.4, 0.5) is 4.39 Å². The Bertz CT molecular complexity index is 688. The van der Waals surface area contributed by atoms with E-state index in [9.17, 15) is 18.8 Å². The Hall–Kier alpha value is -2.32. The molecule has 1 aromatic carbocycles. The first-order valence-electron chi connectivity index (χ1n) is 8.29. The van der Waals surface area contributed by atoms with Gasteiger partial charge < -0.3 is 10.1 Å². The number of imide groups is 1. The molecular weight excluding hydrogens is 329 g/mol. The van der Waals surface area contributed by atoms with Crippen molar-refractivity contribution in [1.82, 2.24) is 15.1 Å². The Kier molecular flexibility index (Phi) is 5.40. The number of carbonyl (C=O) groups is 3. The van der Waals surface area contributed by atoms with Crippen molar-refractivity contribution >= 4 is 17.7 Å². The molecule has 1 N–H and O–H groups in total. The maximum Gasteiger partial charge on any atom is 0.264 e. The van der Waals surface area contributed by atoms with Gasteiger partial charge >= 0.3 is 0 Å². The molecular formula is C17H20FN3O4. The van der Waals surface area contributed by atoms with E-state index in [-0.39, 0.29) is 30.0 Å². The molecule has 134 valence electrons. The number of hydrogen-bond acceptors (Lipinski definition) is 5. The maximum absolute atomic E-state index is 13.7. The van der Waals surface area contributed by atoms with Gasteiger partial charge in [0.2, 0.25) is 5.91 Å². The lowest BCUT2D eigenvalue weighted by Crippen LogP contribution is -2.42. The summed E-state index contributed by atoms with van der Waals surface area (Å²) in [5.74, 6) is -2.20. The van der Waals surface area contributed by atoms with E-state index in [4.69, 9.17) is 4.74 Å². The number of fused-ring (bicyclic) bond motifs is 1. The van der Waals surface area contributed by atoms with Crippen LogP contribution in [0.1, 0.15) is 27.1 Å². The van der Waals surface area contributed by atoms with Crippen LogP contribution in [-0.4, -0.2) is 73.5 Å². The summed E-state index contributed by atoms with van der Waals surface area (Å²) in [5, 5.41) is 2.77. The molecule has 0 atom stereocenters. The number of halogens is 1. The average molecular weight is 349 g/mol. The molecule has 8 heteroatoms. The summed E-state index contributed by atoms with van der Waals surface area (Å²) in [6, 6.07) is 3.95. The number of morpholine rings is 1. The molecule has 1 saturated heterocycles. The van der Waals surface area contributed by atoms with E-state index in [1.807, 2.05) is 0 Å². The second-order valence-electron chi connectivity index (χ2n) is 5.98. The largest absolute Gasteiger partial charge is 0.379 e. The maximum atomic E-state index is 13.7. The number of nitrogens with one attached hydrogen (secondary N) is 1. The number of nitrogens with zero attached hydrogens (tertiary/aromatic N) is 2. The Balaban J connectivity index is 1.45. The van der Waals surface area contributed by atoms with Gasteiger partial charge in [0, 0.05) is 39.1 Å². The number of amides is 3. The summed E-state index contributed by atoms with van der Waals surface area (Å²) >= 11 is 0. The van der Waals surface area contributed by atoms with Gasteiger partial charge in [-0.25, -0.2) is 4.39 Å². The molecule has 2 aliphatic rings. The van der Waals surface area contributed by atoms with E-state index in [0.29, 0.717) is 19.8 Å². The zero-order valence-corrected chi connectivity index (χ0v) is 13.8. The van der Waals surface area contributed by atoms with Crippen LogP contribution in [0.5, 0.6) is 0 Å². The minimum absolute atomic E-state index is 0.00377. The molecule has 0 radical (unpaired) electrons. The van der Waals surface area contributed by atoms with E-state index in [1.165, 1.54) is 12.1 Å². The van der Waals surface area contributed by atoms with Crippen LogP contribution in [0.2, 0.25) is 0 Å². The molecule has 0 aliphatic carbocycles. The fourth-order valence-electron chi connectivity index (χ4n) is 2.98. The summed E-state index contributed by atoms with van der Waals surface area (Å²) in [5.41, 5.74) is -0.155. The van der Waals surface area contributed by atoms with Crippen LogP contribution >= 0.6 is 0 Å². The summed E-state index contributed by atoms with van der Waals surface area (Å²) in [4.78, 5) is 39.4. The van der Waals surface area contributed by atoms with Crippen molar-refractivity contribution in [2.24, 2.45) is 0 Å². The van der Waals surface area contributed by atoms with Gasteiger partial charge in [-0.1, -0.05) is 6.07 Å². The van der Waals surface area contributed by atoms with Crippen molar-refractivity contribution in [2.75, 3.05) is 45.9 Å². The van der Waals surface area contributed by atoms with Crippen molar-refractivity contribution in [3.63, 3.8) is 0 Å². The fourth-order valence-corrected chi connectivity index (χ4v) is 2.98. The quantitative estimate of drug-likeness (QED) is 0.746. The molecule has 1 aromatic rings. The molecule has 0 saturated carbocycles. The highest BCUT2D eigenvalue weighted by molar-refractivity contribution is 6.21. The van der Waals surface area contributed by atoms with Crippen molar-refractivity contribution in [2.45, 2.75) is 6.42 Å². The molecule has 0 spiro atoms. The van der Waals surface area contributed by atoms with Gasteiger partial charge in [-0.05, 0) is 12.1 Å². The highest BCUT2D eigenvalue weighted by Crippen LogP contribution is 2.25. The lowest BCUT2D eigenvalue weighted by atomic mass is 10.1. The van der Waals surface area contributed by atoms with E-state index in [2.05, 4.69) is 10.2 Å². The molecule has 3 rings (SSSR count). The molecule has 2 aliphatic heterocycles. The summed E-state index contributed by atoms with van der Waals surface area (Å²) in [7, 11) is 0. The topological polar surface area (TPSA) is 79.0 Å². The van der Waals surface area contributed by atoms with Crippen LogP contribution in [0, 0.1) is 5.82 Å². The van der Waals surface area contributed by atoms with Gasteiger partial charge in [-0.3, -0.25) is 24.2 Å². The third-order valence-corrected chi connectivity index (χ3v) is 4.36. The number of rotatable bonds is 6. The van der Waals surface area contributed by atoms with Crippen LogP contribution in [0.25, 0.3) is 0 Å². The molecule has 0 bridgehead atoms. The monoisotopic (exact) mass is 349 g/mol. The second-order valence-corrected chi connectivity index (χ2v) is 5.98. The molecule has 25 heavy (non-hydrogen) atoms. The zero-order valence-electron chi connectivity index (χ0n) is 13.8. The Morgan fingerprint density at radius 1 is 1.16 bits per heavy atom. The standard InChI is InChI=1S/C17H20FN3O4/c18-13-3-1-2-12-15(13)17(24)21(16(12)23)6-4-14(22)19-5-7-20-8-10-25-11-9-20/h1-3H,4-11H2,(H,19,22). The van der Waals surface area contributed by atoms with Gasteiger partial charge in [-0.2, -0.15) is 0 Å². The third-order valence-electron chi connectivity index (χ3n) is 4.36. The van der Waals surface area contributed by atoms with Crippen LogP contribution in [-0.2, 0) is 9.53 Å². The van der Waals surface area contributed by atoms with Crippen molar-refractivity contribution in [1.29, 1.82) is 0 Å². The highest BCUT2D eigenvalue weighted by atomic mass is 19.1. The van der Waals surface area contributed by atoms with E-state index >= 15 is 0 Å². The summed E-state index contributed by atoms with van der Waals surface area (Å²) in [6.07, 6.45) is -0.00377. The molecule has 7 nitrogen and oxygen atoms in total. The van der Waals surface area contributed by atoms with E-state index < -0.39 is 17.6 Å². The Labute approximate surface area is 144 Å². The predicted molar refractivity (Wildman–Crippen MR) is 86.7 cm³/mol.